The van der Waals surface area contributed by atoms with Gasteiger partial charge >= 0.3 is 0 Å². The molecule has 0 saturated carbocycles. The van der Waals surface area contributed by atoms with Gasteiger partial charge < -0.3 is 4.90 Å². The van der Waals surface area contributed by atoms with Crippen molar-refractivity contribution in [3.05, 3.63) is 65.0 Å². The molecule has 0 heterocycles. The highest BCUT2D eigenvalue weighted by Gasteiger charge is 2.27. The molecule has 0 aromatic heterocycles. The average Bonchev–Trinajstić information content (AvgIpc) is 2.69. The molecule has 0 fully saturated rings. The molecule has 0 saturated heterocycles. The molecule has 0 N–H and O–H groups in total. The van der Waals surface area contributed by atoms with E-state index in [9.17, 15) is 17.6 Å². The topological polar surface area (TPSA) is 57.7 Å². The number of aryl methyl sites for hydroxylation is 1. The van der Waals surface area contributed by atoms with Crippen molar-refractivity contribution in [3.63, 3.8) is 0 Å². The van der Waals surface area contributed by atoms with Gasteiger partial charge in [-0.15, -0.1) is 0 Å². The van der Waals surface area contributed by atoms with Crippen molar-refractivity contribution in [2.45, 2.75) is 45.6 Å². The molecule has 0 spiro atoms. The van der Waals surface area contributed by atoms with Crippen LogP contribution in [0.2, 0.25) is 0 Å². The molecule has 0 aliphatic carbocycles. The van der Waals surface area contributed by atoms with E-state index >= 15 is 0 Å². The van der Waals surface area contributed by atoms with Gasteiger partial charge in [-0.1, -0.05) is 32.0 Å². The molecule has 1 atom stereocenters. The molecule has 29 heavy (non-hydrogen) atoms. The second-order valence-corrected chi connectivity index (χ2v) is 8.79. The van der Waals surface area contributed by atoms with E-state index in [0.717, 1.165) is 5.56 Å². The maximum absolute atomic E-state index is 13.2. The lowest BCUT2D eigenvalue weighted by Crippen LogP contribution is -2.34. The Bertz CT molecular complexity index is 955. The zero-order chi connectivity index (χ0) is 21.8. The predicted octanol–water partition coefficient (Wildman–Crippen LogP) is 4.39. The fourth-order valence-electron chi connectivity index (χ4n) is 3.39. The zero-order valence-corrected chi connectivity index (χ0v) is 18.5. The summed E-state index contributed by atoms with van der Waals surface area (Å²) in [7, 11) is -3.68. The van der Waals surface area contributed by atoms with Crippen LogP contribution in [0.3, 0.4) is 0 Å². The first kappa shape index (κ1) is 23.0. The number of amides is 1. The summed E-state index contributed by atoms with van der Waals surface area (Å²) < 4.78 is 40.6. The second-order valence-electron chi connectivity index (χ2n) is 6.89. The number of rotatable bonds is 8. The van der Waals surface area contributed by atoms with Crippen LogP contribution in [0.15, 0.2) is 47.4 Å². The van der Waals surface area contributed by atoms with Crippen LogP contribution in [0.25, 0.3) is 0 Å². The molecule has 0 aliphatic heterocycles. The molecular weight excluding hydrogens is 391 g/mol. The van der Waals surface area contributed by atoms with Crippen LogP contribution in [-0.4, -0.2) is 43.2 Å². The molecule has 1 unspecified atom stereocenters. The minimum atomic E-state index is -3.68. The molecule has 2 aromatic carbocycles. The third-order valence-electron chi connectivity index (χ3n) is 5.18. The Hall–Kier alpha value is -2.25. The van der Waals surface area contributed by atoms with Gasteiger partial charge in [0, 0.05) is 25.2 Å². The monoisotopic (exact) mass is 420 g/mol. The van der Waals surface area contributed by atoms with E-state index in [-0.39, 0.29) is 22.7 Å². The number of sulfonamides is 1. The van der Waals surface area contributed by atoms with Crippen LogP contribution < -0.4 is 0 Å². The van der Waals surface area contributed by atoms with E-state index in [1.807, 2.05) is 13.8 Å². The minimum absolute atomic E-state index is 0.150. The Morgan fingerprint density at radius 2 is 1.59 bits per heavy atom. The normalized spacial score (nSPS) is 12.8. The molecule has 0 radical (unpaired) electrons. The molecule has 1 amide bonds. The van der Waals surface area contributed by atoms with E-state index in [4.69, 9.17) is 0 Å². The Labute approximate surface area is 173 Å². The summed E-state index contributed by atoms with van der Waals surface area (Å²) in [4.78, 5) is 15.0. The molecule has 158 valence electrons. The maximum Gasteiger partial charge on any atom is 0.254 e. The van der Waals surface area contributed by atoms with Crippen LogP contribution >= 0.6 is 0 Å². The lowest BCUT2D eigenvalue weighted by molar-refractivity contribution is 0.0702. The Morgan fingerprint density at radius 3 is 2.10 bits per heavy atom. The third kappa shape index (κ3) is 4.85. The Kier molecular flexibility index (Phi) is 7.54. The van der Waals surface area contributed by atoms with Gasteiger partial charge in [0.25, 0.3) is 5.91 Å². The first-order valence-electron chi connectivity index (χ1n) is 9.84. The molecule has 2 aromatic rings. The molecule has 2 rings (SSSR count). The van der Waals surface area contributed by atoms with Crippen molar-refractivity contribution in [2.75, 3.05) is 19.6 Å². The fourth-order valence-corrected chi connectivity index (χ4v) is 5.10. The van der Waals surface area contributed by atoms with Crippen LogP contribution in [0.4, 0.5) is 4.39 Å². The van der Waals surface area contributed by atoms with Crippen molar-refractivity contribution in [1.82, 2.24) is 9.21 Å². The molecule has 0 bridgehead atoms. The first-order valence-corrected chi connectivity index (χ1v) is 11.3. The smallest absolute Gasteiger partial charge is 0.254 e. The SMILES string of the molecule is CCN(C(=O)c1ccc(C)c(S(=O)(=O)N(CC)CC)c1)C(C)c1ccc(F)cc1. The summed E-state index contributed by atoms with van der Waals surface area (Å²) >= 11 is 0. The number of benzene rings is 2. The van der Waals surface area contributed by atoms with Crippen LogP contribution in [-0.2, 0) is 10.0 Å². The van der Waals surface area contributed by atoms with Gasteiger partial charge in [-0.25, -0.2) is 12.8 Å². The highest BCUT2D eigenvalue weighted by molar-refractivity contribution is 7.89. The minimum Gasteiger partial charge on any atom is -0.332 e. The third-order valence-corrected chi connectivity index (χ3v) is 7.37. The van der Waals surface area contributed by atoms with E-state index in [1.54, 1.807) is 49.9 Å². The van der Waals surface area contributed by atoms with Gasteiger partial charge in [0.2, 0.25) is 10.0 Å². The van der Waals surface area contributed by atoms with Crippen LogP contribution in [0, 0.1) is 12.7 Å². The highest BCUT2D eigenvalue weighted by Crippen LogP contribution is 2.26. The summed E-state index contributed by atoms with van der Waals surface area (Å²) in [6.07, 6.45) is 0. The largest absolute Gasteiger partial charge is 0.332 e. The quantitative estimate of drug-likeness (QED) is 0.636. The van der Waals surface area contributed by atoms with Gasteiger partial charge in [0.15, 0.2) is 0 Å². The lowest BCUT2D eigenvalue weighted by atomic mass is 10.0. The van der Waals surface area contributed by atoms with Crippen molar-refractivity contribution in [3.8, 4) is 0 Å². The van der Waals surface area contributed by atoms with Crippen LogP contribution in [0.5, 0.6) is 0 Å². The first-order chi connectivity index (χ1) is 13.7. The van der Waals surface area contributed by atoms with Crippen molar-refractivity contribution >= 4 is 15.9 Å². The summed E-state index contributed by atoms with van der Waals surface area (Å²) in [6.45, 7) is 10.2. The van der Waals surface area contributed by atoms with Crippen molar-refractivity contribution < 1.29 is 17.6 Å². The van der Waals surface area contributed by atoms with Gasteiger partial charge in [0.05, 0.1) is 10.9 Å². The number of halogens is 1. The van der Waals surface area contributed by atoms with Gasteiger partial charge in [0.1, 0.15) is 5.82 Å². The van der Waals surface area contributed by atoms with Crippen LogP contribution in [0.1, 0.15) is 55.2 Å². The predicted molar refractivity (Wildman–Crippen MR) is 113 cm³/mol. The molecular formula is C22H29FN2O3S. The number of carbonyl (C=O) groups excluding carboxylic acids is 1. The average molecular weight is 421 g/mol. The molecule has 7 heteroatoms. The Balaban J connectivity index is 2.42. The Morgan fingerprint density at radius 1 is 1.00 bits per heavy atom. The second kappa shape index (κ2) is 9.50. The zero-order valence-electron chi connectivity index (χ0n) is 17.6. The lowest BCUT2D eigenvalue weighted by Gasteiger charge is -2.29. The standard InChI is InChI=1S/C22H29FN2O3S/c1-6-24(7-2)29(27,28)21-15-19(10-9-16(21)4)22(26)25(8-3)17(5)18-11-13-20(23)14-12-18/h9-15,17H,6-8H2,1-5H3. The number of carbonyl (C=O) groups is 1. The van der Waals surface area contributed by atoms with Gasteiger partial charge in [-0.3, -0.25) is 4.79 Å². The van der Waals surface area contributed by atoms with Gasteiger partial charge in [-0.2, -0.15) is 4.31 Å². The van der Waals surface area contributed by atoms with E-state index in [0.29, 0.717) is 30.8 Å². The van der Waals surface area contributed by atoms with Crippen molar-refractivity contribution in [1.29, 1.82) is 0 Å². The number of nitrogens with zero attached hydrogens (tertiary/aromatic N) is 2. The fraction of sp³-hybridized carbons (Fsp3) is 0.409. The van der Waals surface area contributed by atoms with E-state index < -0.39 is 10.0 Å². The molecule has 0 aliphatic rings. The number of hydrogen-bond donors (Lipinski definition) is 0. The van der Waals surface area contributed by atoms with E-state index in [2.05, 4.69) is 0 Å². The van der Waals surface area contributed by atoms with Gasteiger partial charge in [-0.05, 0) is 56.2 Å². The summed E-state index contributed by atoms with van der Waals surface area (Å²) in [5.41, 5.74) is 1.73. The summed E-state index contributed by atoms with van der Waals surface area (Å²) in [5, 5.41) is 0. The number of hydrogen-bond acceptors (Lipinski definition) is 3. The maximum atomic E-state index is 13.2. The highest BCUT2D eigenvalue weighted by atomic mass is 32.2. The van der Waals surface area contributed by atoms with Crippen molar-refractivity contribution in [2.24, 2.45) is 0 Å². The summed E-state index contributed by atoms with van der Waals surface area (Å²) in [5.74, 6) is -0.597. The molecule has 5 nitrogen and oxygen atoms in total. The van der Waals surface area contributed by atoms with E-state index in [1.165, 1.54) is 22.5 Å². The summed E-state index contributed by atoms with van der Waals surface area (Å²) in [6, 6.07) is 10.5.